The van der Waals surface area contributed by atoms with Gasteiger partial charge in [-0.3, -0.25) is 9.89 Å². The minimum Gasteiger partial charge on any atom is -0.497 e. The fraction of sp³-hybridized carbons (Fsp3) is 0.611. The number of rotatable bonds is 6. The lowest BCUT2D eigenvalue weighted by Gasteiger charge is -2.27. The van der Waals surface area contributed by atoms with Gasteiger partial charge in [0.2, 0.25) is 0 Å². The predicted octanol–water partition coefficient (Wildman–Crippen LogP) is 2.24. The van der Waals surface area contributed by atoms with Gasteiger partial charge in [-0.15, -0.1) is 0 Å². The number of hydrogen-bond acceptors (Lipinski definition) is 3. The molecule has 1 aromatic carbocycles. The third-order valence-electron chi connectivity index (χ3n) is 4.96. The van der Waals surface area contributed by atoms with Crippen LogP contribution < -0.4 is 10.5 Å². The molecule has 1 saturated heterocycles. The average Bonchev–Trinajstić information content (AvgIpc) is 3.30. The molecule has 0 spiro atoms. The zero-order chi connectivity index (χ0) is 16.2. The third kappa shape index (κ3) is 3.96. The van der Waals surface area contributed by atoms with E-state index in [1.165, 1.54) is 31.2 Å². The van der Waals surface area contributed by atoms with E-state index >= 15 is 0 Å². The van der Waals surface area contributed by atoms with Gasteiger partial charge in [-0.1, -0.05) is 12.1 Å². The molecule has 2 aliphatic rings. The van der Waals surface area contributed by atoms with Crippen LogP contribution in [0.1, 0.15) is 37.3 Å². The second kappa shape index (κ2) is 7.21. The molecule has 1 aromatic rings. The predicted molar refractivity (Wildman–Crippen MR) is 93.8 cm³/mol. The van der Waals surface area contributed by atoms with E-state index < -0.39 is 0 Å². The Hall–Kier alpha value is -1.75. The fourth-order valence-corrected chi connectivity index (χ4v) is 3.25. The number of hydrogen-bond donors (Lipinski definition) is 1. The molecule has 3 rings (SSSR count). The zero-order valence-electron chi connectivity index (χ0n) is 14.2. The Morgan fingerprint density at radius 3 is 2.52 bits per heavy atom. The van der Waals surface area contributed by atoms with Crippen molar-refractivity contribution in [2.24, 2.45) is 10.7 Å². The molecule has 1 unspecified atom stereocenters. The molecule has 23 heavy (non-hydrogen) atoms. The summed E-state index contributed by atoms with van der Waals surface area (Å²) in [6.07, 6.45) is 5.02. The van der Waals surface area contributed by atoms with Crippen LogP contribution in [0.3, 0.4) is 0 Å². The molecule has 2 fully saturated rings. The Labute approximate surface area is 139 Å². The SMILES string of the molecule is COc1ccc(C(CN=C(N)N(C)C2CC2)N2CCCC2)cc1. The van der Waals surface area contributed by atoms with E-state index in [1.54, 1.807) is 7.11 Å². The zero-order valence-corrected chi connectivity index (χ0v) is 14.2. The number of nitrogens with zero attached hydrogens (tertiary/aromatic N) is 3. The van der Waals surface area contributed by atoms with E-state index in [-0.39, 0.29) is 0 Å². The number of benzene rings is 1. The van der Waals surface area contributed by atoms with Crippen molar-refractivity contribution in [1.82, 2.24) is 9.80 Å². The van der Waals surface area contributed by atoms with Crippen LogP contribution in [0.4, 0.5) is 0 Å². The Balaban J connectivity index is 1.73. The first-order chi connectivity index (χ1) is 11.2. The molecule has 2 N–H and O–H groups in total. The highest BCUT2D eigenvalue weighted by Crippen LogP contribution is 2.28. The summed E-state index contributed by atoms with van der Waals surface area (Å²) in [5, 5.41) is 0. The monoisotopic (exact) mass is 316 g/mol. The van der Waals surface area contributed by atoms with Gasteiger partial charge in [-0.25, -0.2) is 0 Å². The molecule has 0 radical (unpaired) electrons. The molecule has 1 atom stereocenters. The van der Waals surface area contributed by atoms with Crippen LogP contribution in [0.2, 0.25) is 0 Å². The summed E-state index contributed by atoms with van der Waals surface area (Å²) in [6, 6.07) is 9.26. The maximum Gasteiger partial charge on any atom is 0.191 e. The van der Waals surface area contributed by atoms with Gasteiger partial charge in [0.1, 0.15) is 5.75 Å². The first kappa shape index (κ1) is 16.1. The highest BCUT2D eigenvalue weighted by molar-refractivity contribution is 5.78. The van der Waals surface area contributed by atoms with Crippen molar-refractivity contribution >= 4 is 5.96 Å². The van der Waals surface area contributed by atoms with E-state index in [4.69, 9.17) is 15.5 Å². The van der Waals surface area contributed by atoms with Crippen LogP contribution >= 0.6 is 0 Å². The summed E-state index contributed by atoms with van der Waals surface area (Å²) in [5.74, 6) is 1.57. The number of methoxy groups -OCH3 is 1. The van der Waals surface area contributed by atoms with Crippen molar-refractivity contribution in [1.29, 1.82) is 0 Å². The summed E-state index contributed by atoms with van der Waals surface area (Å²) >= 11 is 0. The average molecular weight is 316 g/mol. The van der Waals surface area contributed by atoms with Crippen molar-refractivity contribution in [3.63, 3.8) is 0 Å². The van der Waals surface area contributed by atoms with Gasteiger partial charge < -0.3 is 15.4 Å². The van der Waals surface area contributed by atoms with Gasteiger partial charge in [0.25, 0.3) is 0 Å². The summed E-state index contributed by atoms with van der Waals surface area (Å²) in [6.45, 7) is 3.00. The Morgan fingerprint density at radius 1 is 1.30 bits per heavy atom. The molecule has 1 aliphatic heterocycles. The van der Waals surface area contributed by atoms with Crippen molar-refractivity contribution in [3.05, 3.63) is 29.8 Å². The van der Waals surface area contributed by atoms with Crippen LogP contribution in [0.25, 0.3) is 0 Å². The van der Waals surface area contributed by atoms with Crippen molar-refractivity contribution in [3.8, 4) is 5.75 Å². The van der Waals surface area contributed by atoms with Gasteiger partial charge in [0.15, 0.2) is 5.96 Å². The van der Waals surface area contributed by atoms with Gasteiger partial charge in [-0.05, 0) is 56.5 Å². The highest BCUT2D eigenvalue weighted by Gasteiger charge is 2.28. The first-order valence-corrected chi connectivity index (χ1v) is 8.60. The summed E-state index contributed by atoms with van der Waals surface area (Å²) in [7, 11) is 3.75. The van der Waals surface area contributed by atoms with Crippen LogP contribution in [-0.2, 0) is 0 Å². The molecule has 1 saturated carbocycles. The lowest BCUT2D eigenvalue weighted by molar-refractivity contribution is 0.251. The molecule has 0 amide bonds. The lowest BCUT2D eigenvalue weighted by atomic mass is 10.1. The molecule has 5 nitrogen and oxygen atoms in total. The summed E-state index contributed by atoms with van der Waals surface area (Å²) < 4.78 is 5.27. The molecule has 0 bridgehead atoms. The topological polar surface area (TPSA) is 54.1 Å². The van der Waals surface area contributed by atoms with Crippen LogP contribution in [0.15, 0.2) is 29.3 Å². The molecule has 0 aromatic heterocycles. The minimum atomic E-state index is 0.301. The van der Waals surface area contributed by atoms with Crippen molar-refractivity contribution < 1.29 is 4.74 Å². The van der Waals surface area contributed by atoms with Crippen LogP contribution in [-0.4, -0.2) is 55.6 Å². The summed E-state index contributed by atoms with van der Waals surface area (Å²) in [4.78, 5) is 9.34. The smallest absolute Gasteiger partial charge is 0.191 e. The molecule has 1 heterocycles. The maximum absolute atomic E-state index is 6.17. The molecule has 126 valence electrons. The van der Waals surface area contributed by atoms with E-state index in [9.17, 15) is 0 Å². The fourth-order valence-electron chi connectivity index (χ4n) is 3.25. The molecular weight excluding hydrogens is 288 g/mol. The van der Waals surface area contributed by atoms with E-state index in [2.05, 4.69) is 29.0 Å². The quantitative estimate of drug-likeness (QED) is 0.646. The second-order valence-electron chi connectivity index (χ2n) is 6.57. The number of nitrogens with two attached hydrogens (primary N) is 1. The second-order valence-corrected chi connectivity index (χ2v) is 6.57. The molecular formula is C18H28N4O. The Kier molecular flexibility index (Phi) is 5.06. The molecule has 5 heteroatoms. The normalized spacial score (nSPS) is 20.5. The van der Waals surface area contributed by atoms with Crippen LogP contribution in [0, 0.1) is 0 Å². The van der Waals surface area contributed by atoms with Gasteiger partial charge >= 0.3 is 0 Å². The number of aliphatic imine (C=N–C) groups is 1. The Morgan fingerprint density at radius 2 is 1.96 bits per heavy atom. The van der Waals surface area contributed by atoms with E-state index in [0.29, 0.717) is 18.0 Å². The standard InChI is InChI=1S/C18H28N4O/c1-21(15-7-8-15)18(19)20-13-17(22-11-3-4-12-22)14-5-9-16(23-2)10-6-14/h5-6,9-10,15,17H,3-4,7-8,11-13H2,1-2H3,(H2,19,20). The number of guanidine groups is 1. The number of ether oxygens (including phenoxy) is 1. The minimum absolute atomic E-state index is 0.301. The first-order valence-electron chi connectivity index (χ1n) is 8.60. The van der Waals surface area contributed by atoms with Crippen LogP contribution in [0.5, 0.6) is 5.75 Å². The van der Waals surface area contributed by atoms with Gasteiger partial charge in [0.05, 0.1) is 19.7 Å². The third-order valence-corrected chi connectivity index (χ3v) is 4.96. The summed E-state index contributed by atoms with van der Waals surface area (Å²) in [5.41, 5.74) is 7.46. The van der Waals surface area contributed by atoms with Crippen molar-refractivity contribution in [2.45, 2.75) is 37.8 Å². The van der Waals surface area contributed by atoms with E-state index in [1.807, 2.05) is 12.1 Å². The van der Waals surface area contributed by atoms with Crippen molar-refractivity contribution in [2.75, 3.05) is 33.8 Å². The largest absolute Gasteiger partial charge is 0.497 e. The maximum atomic E-state index is 6.17. The van der Waals surface area contributed by atoms with Gasteiger partial charge in [0, 0.05) is 13.1 Å². The van der Waals surface area contributed by atoms with Gasteiger partial charge in [-0.2, -0.15) is 0 Å². The Bertz CT molecular complexity index is 532. The highest BCUT2D eigenvalue weighted by atomic mass is 16.5. The lowest BCUT2D eigenvalue weighted by Crippen LogP contribution is -2.37. The molecule has 1 aliphatic carbocycles. The number of likely N-dealkylation sites (tertiary alicyclic amines) is 1. The van der Waals surface area contributed by atoms with E-state index in [0.717, 1.165) is 25.4 Å².